The van der Waals surface area contributed by atoms with Crippen LogP contribution in [0.15, 0.2) is 30.6 Å². The first kappa shape index (κ1) is 10.8. The summed E-state index contributed by atoms with van der Waals surface area (Å²) >= 11 is 5.94. The molecule has 0 amide bonds. The van der Waals surface area contributed by atoms with Gasteiger partial charge in [0.2, 0.25) is 0 Å². The predicted molar refractivity (Wildman–Crippen MR) is 60.5 cm³/mol. The van der Waals surface area contributed by atoms with Crippen molar-refractivity contribution in [1.29, 1.82) is 0 Å². The van der Waals surface area contributed by atoms with Gasteiger partial charge < -0.3 is 0 Å². The molecule has 0 radical (unpaired) electrons. The Balaban J connectivity index is 2.22. The van der Waals surface area contributed by atoms with E-state index < -0.39 is 0 Å². The van der Waals surface area contributed by atoms with Gasteiger partial charge >= 0.3 is 0 Å². The van der Waals surface area contributed by atoms with Crippen LogP contribution in [0.5, 0.6) is 0 Å². The minimum Gasteiger partial charge on any atom is -0.294 e. The van der Waals surface area contributed by atoms with Gasteiger partial charge in [-0.15, -0.1) is 0 Å². The molecule has 2 rings (SSSR count). The molecule has 2 aromatic rings. The molecule has 0 unspecified atom stereocenters. The van der Waals surface area contributed by atoms with Crippen molar-refractivity contribution in [3.05, 3.63) is 47.0 Å². The van der Waals surface area contributed by atoms with Gasteiger partial charge in [-0.1, -0.05) is 23.7 Å². The summed E-state index contributed by atoms with van der Waals surface area (Å²) in [4.78, 5) is 15.9. The molecule has 0 N–H and O–H groups in total. The lowest BCUT2D eigenvalue weighted by Crippen LogP contribution is -2.09. The van der Waals surface area contributed by atoms with Gasteiger partial charge in [0, 0.05) is 12.6 Å². The highest BCUT2D eigenvalue weighted by Gasteiger charge is 2.13. The van der Waals surface area contributed by atoms with Crippen molar-refractivity contribution in [2.75, 3.05) is 0 Å². The first-order valence-electron chi connectivity index (χ1n) is 4.79. The third-order valence-electron chi connectivity index (χ3n) is 2.30. The number of hydrogen-bond acceptors (Lipinski definition) is 3. The summed E-state index contributed by atoms with van der Waals surface area (Å²) in [6, 6.07) is 6.99. The van der Waals surface area contributed by atoms with E-state index >= 15 is 0 Å². The summed E-state index contributed by atoms with van der Waals surface area (Å²) in [6.45, 7) is 0. The Labute approximate surface area is 97.9 Å². The van der Waals surface area contributed by atoms with Crippen molar-refractivity contribution in [2.45, 2.75) is 6.42 Å². The van der Waals surface area contributed by atoms with Crippen LogP contribution in [0.3, 0.4) is 0 Å². The van der Waals surface area contributed by atoms with E-state index in [0.717, 1.165) is 0 Å². The fraction of sp³-hybridized carbons (Fsp3) is 0.182. The molecule has 4 nitrogen and oxygen atoms in total. The van der Waals surface area contributed by atoms with Crippen LogP contribution in [0.4, 0.5) is 0 Å². The van der Waals surface area contributed by atoms with Gasteiger partial charge in [-0.25, -0.2) is 4.98 Å². The van der Waals surface area contributed by atoms with Crippen molar-refractivity contribution in [3.8, 4) is 0 Å². The molecule has 0 aliphatic heterocycles. The van der Waals surface area contributed by atoms with Crippen molar-refractivity contribution in [3.63, 3.8) is 0 Å². The Hall–Kier alpha value is -1.68. The van der Waals surface area contributed by atoms with E-state index in [1.54, 1.807) is 36.0 Å². The van der Waals surface area contributed by atoms with Gasteiger partial charge in [-0.2, -0.15) is 5.10 Å². The van der Waals surface area contributed by atoms with E-state index in [1.807, 2.05) is 0 Å². The Kier molecular flexibility index (Phi) is 3.01. The highest BCUT2D eigenvalue weighted by molar-refractivity contribution is 6.34. The number of carbonyl (C=O) groups is 1. The van der Waals surface area contributed by atoms with Crippen LogP contribution < -0.4 is 0 Å². The molecule has 0 fully saturated rings. The van der Waals surface area contributed by atoms with Crippen LogP contribution in [-0.4, -0.2) is 20.5 Å². The quantitative estimate of drug-likeness (QED) is 0.764. The van der Waals surface area contributed by atoms with Crippen LogP contribution in [0, 0.1) is 0 Å². The van der Waals surface area contributed by atoms with Gasteiger partial charge in [0.15, 0.2) is 5.78 Å². The molecule has 16 heavy (non-hydrogen) atoms. The van der Waals surface area contributed by atoms with Crippen molar-refractivity contribution in [1.82, 2.24) is 14.8 Å². The summed E-state index contributed by atoms with van der Waals surface area (Å²) in [7, 11) is 1.75. The second kappa shape index (κ2) is 4.45. The fourth-order valence-corrected chi connectivity index (χ4v) is 1.65. The van der Waals surface area contributed by atoms with Crippen LogP contribution in [0.2, 0.25) is 5.02 Å². The van der Waals surface area contributed by atoms with Gasteiger partial charge in [0.25, 0.3) is 0 Å². The van der Waals surface area contributed by atoms with Crippen LogP contribution >= 0.6 is 11.6 Å². The smallest absolute Gasteiger partial charge is 0.171 e. The number of hydrogen-bond donors (Lipinski definition) is 0. The number of benzene rings is 1. The maximum Gasteiger partial charge on any atom is 0.171 e. The maximum absolute atomic E-state index is 11.9. The molecule has 1 aromatic heterocycles. The fourth-order valence-electron chi connectivity index (χ4n) is 1.41. The number of ketones is 1. The molecule has 0 spiro atoms. The number of halogens is 1. The minimum absolute atomic E-state index is 0.0540. The van der Waals surface area contributed by atoms with Crippen molar-refractivity contribution < 1.29 is 4.79 Å². The maximum atomic E-state index is 11.9. The minimum atomic E-state index is -0.0540. The van der Waals surface area contributed by atoms with Gasteiger partial charge in [0.05, 0.1) is 11.4 Å². The second-order valence-electron chi connectivity index (χ2n) is 3.38. The van der Waals surface area contributed by atoms with Crippen molar-refractivity contribution >= 4 is 17.4 Å². The molecular formula is C11H10ClN3O. The van der Waals surface area contributed by atoms with E-state index in [-0.39, 0.29) is 12.2 Å². The van der Waals surface area contributed by atoms with Crippen molar-refractivity contribution in [2.24, 2.45) is 7.05 Å². The third kappa shape index (κ3) is 2.12. The average Bonchev–Trinajstić information content (AvgIpc) is 2.65. The molecule has 0 aliphatic rings. The number of nitrogens with zero attached hydrogens (tertiary/aromatic N) is 3. The Bertz CT molecular complexity index is 521. The summed E-state index contributed by atoms with van der Waals surface area (Å²) < 4.78 is 1.58. The monoisotopic (exact) mass is 235 g/mol. The van der Waals surface area contributed by atoms with Gasteiger partial charge in [-0.3, -0.25) is 9.48 Å². The normalized spacial score (nSPS) is 10.4. The lowest BCUT2D eigenvalue weighted by molar-refractivity contribution is 0.0990. The molecule has 0 saturated carbocycles. The number of rotatable bonds is 3. The number of aromatic nitrogens is 3. The zero-order valence-corrected chi connectivity index (χ0v) is 9.48. The molecule has 0 saturated heterocycles. The van der Waals surface area contributed by atoms with Crippen LogP contribution in [0.25, 0.3) is 0 Å². The highest BCUT2D eigenvalue weighted by Crippen LogP contribution is 2.16. The number of aryl methyl sites for hydroxylation is 1. The molecule has 1 aromatic carbocycles. The second-order valence-corrected chi connectivity index (χ2v) is 3.79. The zero-order chi connectivity index (χ0) is 11.5. The largest absolute Gasteiger partial charge is 0.294 e. The molecule has 0 aliphatic carbocycles. The topological polar surface area (TPSA) is 47.8 Å². The molecule has 0 bridgehead atoms. The van der Waals surface area contributed by atoms with Gasteiger partial charge in [0.1, 0.15) is 12.2 Å². The number of carbonyl (C=O) groups excluding carboxylic acids is 1. The number of Topliss-reactive ketones (excluding diaryl/α,β-unsaturated/α-hetero) is 1. The zero-order valence-electron chi connectivity index (χ0n) is 8.72. The summed E-state index contributed by atoms with van der Waals surface area (Å²) in [6.07, 6.45) is 1.63. The molecule has 5 heteroatoms. The van der Waals surface area contributed by atoms with E-state index in [2.05, 4.69) is 10.1 Å². The molecule has 1 heterocycles. The van der Waals surface area contributed by atoms with E-state index in [9.17, 15) is 4.79 Å². The van der Waals surface area contributed by atoms with E-state index in [4.69, 9.17) is 11.6 Å². The third-order valence-corrected chi connectivity index (χ3v) is 2.63. The van der Waals surface area contributed by atoms with Crippen LogP contribution in [-0.2, 0) is 13.5 Å². The highest BCUT2D eigenvalue weighted by atomic mass is 35.5. The van der Waals surface area contributed by atoms with Gasteiger partial charge in [-0.05, 0) is 12.1 Å². The first-order chi connectivity index (χ1) is 7.68. The summed E-state index contributed by atoms with van der Waals surface area (Å²) in [5.41, 5.74) is 0.521. The van der Waals surface area contributed by atoms with E-state index in [1.165, 1.54) is 6.33 Å². The standard InChI is InChI=1S/C11H10ClN3O/c1-15-11(13-7-14-15)6-10(16)8-4-2-3-5-9(8)12/h2-5,7H,6H2,1H3. The first-order valence-corrected chi connectivity index (χ1v) is 5.17. The summed E-state index contributed by atoms with van der Waals surface area (Å²) in [5.74, 6) is 0.576. The molecule has 0 atom stereocenters. The Morgan fingerprint density at radius 1 is 1.44 bits per heavy atom. The Morgan fingerprint density at radius 2 is 2.19 bits per heavy atom. The SMILES string of the molecule is Cn1ncnc1CC(=O)c1ccccc1Cl. The predicted octanol–water partition coefficient (Wildman–Crippen LogP) is 1.89. The lowest BCUT2D eigenvalue weighted by Gasteiger charge is -2.02. The molecular weight excluding hydrogens is 226 g/mol. The Morgan fingerprint density at radius 3 is 2.81 bits per heavy atom. The van der Waals surface area contributed by atoms with Crippen LogP contribution in [0.1, 0.15) is 16.2 Å². The lowest BCUT2D eigenvalue weighted by atomic mass is 10.1. The molecule has 82 valence electrons. The van der Waals surface area contributed by atoms with E-state index in [0.29, 0.717) is 16.4 Å². The average molecular weight is 236 g/mol. The summed E-state index contributed by atoms with van der Waals surface area (Å²) in [5, 5.41) is 4.37.